The fraction of sp³-hybridized carbons (Fsp3) is 0.400. The lowest BCUT2D eigenvalue weighted by atomic mass is 10.6. The van der Waals surface area contributed by atoms with E-state index < -0.39 is 0 Å². The van der Waals surface area contributed by atoms with Crippen molar-refractivity contribution in [1.82, 2.24) is 4.90 Å². The third-order valence-corrected chi connectivity index (χ3v) is 2.10. The zero-order chi connectivity index (χ0) is 7.28. The fourth-order valence-corrected chi connectivity index (χ4v) is 1.39. The lowest BCUT2D eigenvalue weighted by Gasteiger charge is -2.05. The van der Waals surface area contributed by atoms with Crippen molar-refractivity contribution >= 4 is 30.7 Å². The van der Waals surface area contributed by atoms with Crippen molar-refractivity contribution < 1.29 is 0 Å². The van der Waals surface area contributed by atoms with Crippen LogP contribution in [-0.2, 0) is 0 Å². The van der Waals surface area contributed by atoms with Gasteiger partial charge in [-0.25, -0.2) is 0 Å². The fourth-order valence-electron chi connectivity index (χ4n) is 0.274. The molecule has 0 aliphatic heterocycles. The minimum atomic E-state index is 0.0107. The molecule has 0 saturated heterocycles. The normalized spacial score (nSPS) is 9.89. The summed E-state index contributed by atoms with van der Waals surface area (Å²) < 4.78 is 1.89. The van der Waals surface area contributed by atoms with Crippen molar-refractivity contribution in [2.75, 3.05) is 12.0 Å². The minimum absolute atomic E-state index is 0.0107. The first-order valence-electron chi connectivity index (χ1n) is 2.25. The second-order valence-electron chi connectivity index (χ2n) is 1.39. The van der Waals surface area contributed by atoms with Gasteiger partial charge in [0.05, 0.1) is 0 Å². The Morgan fingerprint density at radius 1 is 1.89 bits per heavy atom. The lowest BCUT2D eigenvalue weighted by molar-refractivity contribution is 0.791. The molecule has 4 heteroatoms. The summed E-state index contributed by atoms with van der Waals surface area (Å²) in [5, 5.41) is 15.2. The van der Waals surface area contributed by atoms with Gasteiger partial charge in [0.15, 0.2) is 0 Å². The molecule has 0 amide bonds. The summed E-state index contributed by atoms with van der Waals surface area (Å²) >= 11 is 0.0365. The van der Waals surface area contributed by atoms with Crippen molar-refractivity contribution in [1.29, 1.82) is 10.7 Å². The Morgan fingerprint density at radius 3 is 2.78 bits per heavy atom. The zero-order valence-electron chi connectivity index (χ0n) is 5.35. The van der Waals surface area contributed by atoms with Crippen LogP contribution in [0.1, 0.15) is 0 Å². The van der Waals surface area contributed by atoms with Gasteiger partial charge in [-0.2, -0.15) is 5.26 Å². The lowest BCUT2D eigenvalue weighted by Crippen LogP contribution is -2.21. The molecule has 0 aliphatic rings. The number of hydrogen-bond donors (Lipinski definition) is 1. The summed E-state index contributed by atoms with van der Waals surface area (Å²) in [6.07, 6.45) is 0. The van der Waals surface area contributed by atoms with Crippen molar-refractivity contribution in [3.05, 3.63) is 0 Å². The highest BCUT2D eigenvalue weighted by Gasteiger charge is 1.94. The van der Waals surface area contributed by atoms with E-state index in [-0.39, 0.29) is 26.6 Å². The molecule has 0 aromatic carbocycles. The predicted octanol–water partition coefficient (Wildman–Crippen LogP) is 0.779. The molecule has 0 saturated carbocycles. The topological polar surface area (TPSA) is 50.9 Å². The van der Waals surface area contributed by atoms with E-state index in [0.29, 0.717) is 0 Å². The van der Waals surface area contributed by atoms with Gasteiger partial charge in [0.2, 0.25) is 5.84 Å². The summed E-state index contributed by atoms with van der Waals surface area (Å²) in [5.74, 6) is 0.0107. The number of amidine groups is 1. The number of hydrogen-bond acceptors (Lipinski definition) is 2. The largest absolute Gasteiger partial charge is 0.323 e. The van der Waals surface area contributed by atoms with Gasteiger partial charge in [-0.05, 0) is 4.93 Å². The van der Waals surface area contributed by atoms with E-state index in [1.54, 1.807) is 18.0 Å². The minimum Gasteiger partial charge on any atom is -0.323 e. The average molecular weight is 237 g/mol. The molecule has 0 radical (unpaired) electrons. The molecule has 0 aliphatic carbocycles. The van der Waals surface area contributed by atoms with E-state index >= 15 is 0 Å². The molecule has 0 spiro atoms. The molecular weight excluding hydrogens is 229 g/mol. The van der Waals surface area contributed by atoms with Crippen LogP contribution in [0.15, 0.2) is 0 Å². The number of rotatable bonds is 1. The average Bonchev–Trinajstić information content (AvgIpc) is 1.87. The molecule has 0 bridgehead atoms. The third kappa shape index (κ3) is 3.19. The molecule has 9 heavy (non-hydrogen) atoms. The standard InChI is InChI=1S/C5H8IN3/c1-6-4-9(2)5(8)3-7/h4,8H,1-2H3. The van der Waals surface area contributed by atoms with Crippen LogP contribution in [-0.4, -0.2) is 26.8 Å². The van der Waals surface area contributed by atoms with Gasteiger partial charge in [0.25, 0.3) is 0 Å². The maximum atomic E-state index is 8.21. The Kier molecular flexibility index (Phi) is 4.22. The Morgan fingerprint density at radius 2 is 2.44 bits per heavy atom. The number of nitrogens with zero attached hydrogens (tertiary/aromatic N) is 2. The first kappa shape index (κ1) is 8.56. The van der Waals surface area contributed by atoms with Crippen LogP contribution in [0.3, 0.4) is 0 Å². The van der Waals surface area contributed by atoms with Crippen LogP contribution in [0.25, 0.3) is 0 Å². The van der Waals surface area contributed by atoms with E-state index in [1.165, 1.54) is 0 Å². The summed E-state index contributed by atoms with van der Waals surface area (Å²) in [6.45, 7) is 0. The zero-order valence-corrected chi connectivity index (χ0v) is 7.51. The van der Waals surface area contributed by atoms with Crippen molar-refractivity contribution in [3.8, 4) is 6.07 Å². The molecule has 1 N–H and O–H groups in total. The van der Waals surface area contributed by atoms with Gasteiger partial charge in [-0.3, -0.25) is 5.41 Å². The third-order valence-electron chi connectivity index (χ3n) is 0.703. The van der Waals surface area contributed by atoms with Crippen LogP contribution in [0, 0.1) is 16.7 Å². The Hall–Kier alpha value is -0.440. The van der Waals surface area contributed by atoms with Crippen LogP contribution in [0.2, 0.25) is 0 Å². The molecule has 0 aromatic heterocycles. The number of halogens is 1. The highest BCUT2D eigenvalue weighted by Crippen LogP contribution is 1.86. The highest BCUT2D eigenvalue weighted by molar-refractivity contribution is 14.2. The SMILES string of the molecule is CI=CN(C)C(=N)C#N. The quantitative estimate of drug-likeness (QED) is 0.317. The summed E-state index contributed by atoms with van der Waals surface area (Å²) in [4.78, 5) is 3.62. The first-order chi connectivity index (χ1) is 4.22. The van der Waals surface area contributed by atoms with Gasteiger partial charge in [0, 0.05) is 11.2 Å². The van der Waals surface area contributed by atoms with E-state index in [2.05, 4.69) is 4.93 Å². The van der Waals surface area contributed by atoms with Crippen LogP contribution in [0.4, 0.5) is 0 Å². The number of alkyl halides is 1. The molecule has 0 aromatic rings. The second-order valence-corrected chi connectivity index (χ2v) is 3.19. The van der Waals surface area contributed by atoms with E-state index in [9.17, 15) is 0 Å². The first-order valence-corrected chi connectivity index (χ1v) is 5.65. The van der Waals surface area contributed by atoms with Crippen molar-refractivity contribution in [3.63, 3.8) is 0 Å². The van der Waals surface area contributed by atoms with Gasteiger partial charge in [0.1, 0.15) is 6.07 Å². The Labute approximate surface area is 64.5 Å². The maximum absolute atomic E-state index is 8.21. The molecule has 0 fully saturated rings. The molecule has 50 valence electrons. The summed E-state index contributed by atoms with van der Waals surface area (Å²) in [6, 6.07) is 1.75. The number of nitriles is 1. The van der Waals surface area contributed by atoms with E-state index in [4.69, 9.17) is 10.7 Å². The van der Waals surface area contributed by atoms with Gasteiger partial charge >= 0.3 is 0 Å². The van der Waals surface area contributed by atoms with Crippen LogP contribution in [0.5, 0.6) is 0 Å². The van der Waals surface area contributed by atoms with Gasteiger partial charge in [-0.1, -0.05) is 0 Å². The molecule has 0 rings (SSSR count). The van der Waals surface area contributed by atoms with Crippen molar-refractivity contribution in [2.24, 2.45) is 0 Å². The summed E-state index contributed by atoms with van der Waals surface area (Å²) in [7, 11) is 1.72. The van der Waals surface area contributed by atoms with E-state index in [1.807, 2.05) is 4.14 Å². The molecule has 0 atom stereocenters. The monoisotopic (exact) mass is 237 g/mol. The second kappa shape index (κ2) is 4.44. The Bertz CT molecular complexity index is 168. The van der Waals surface area contributed by atoms with Crippen LogP contribution >= 0.6 is 20.7 Å². The van der Waals surface area contributed by atoms with Gasteiger partial charge in [-0.15, -0.1) is 20.7 Å². The summed E-state index contributed by atoms with van der Waals surface area (Å²) in [5.41, 5.74) is 0. The highest BCUT2D eigenvalue weighted by atomic mass is 127. The van der Waals surface area contributed by atoms with E-state index in [0.717, 1.165) is 0 Å². The van der Waals surface area contributed by atoms with Crippen molar-refractivity contribution in [2.45, 2.75) is 0 Å². The maximum Gasteiger partial charge on any atom is 0.205 e. The number of nitrogens with one attached hydrogen (secondary N) is 1. The molecule has 0 heterocycles. The van der Waals surface area contributed by atoms with Gasteiger partial charge < -0.3 is 4.90 Å². The molecule has 3 nitrogen and oxygen atoms in total. The predicted molar refractivity (Wildman–Crippen MR) is 47.1 cm³/mol. The molecular formula is C5H8IN3. The van der Waals surface area contributed by atoms with Crippen LogP contribution < -0.4 is 0 Å². The Balaban J connectivity index is 3.92. The molecule has 0 unspecified atom stereocenters. The smallest absolute Gasteiger partial charge is 0.205 e.